The van der Waals surface area contributed by atoms with Crippen LogP contribution in [0.15, 0.2) is 158 Å². The van der Waals surface area contributed by atoms with Crippen molar-refractivity contribution < 1.29 is 47.8 Å². The average molecular weight is 833 g/mol. The lowest BCUT2D eigenvalue weighted by atomic mass is 10.1. The molecule has 2 amide bonds. The first kappa shape index (κ1) is 40.3. The molecule has 0 bridgehead atoms. The van der Waals surface area contributed by atoms with E-state index in [1.807, 2.05) is 0 Å². The molecule has 1 saturated heterocycles. The highest BCUT2D eigenvalue weighted by atomic mass is 16.7. The number of carbonyl (C=O) groups is 5. The Balaban J connectivity index is 1.27. The van der Waals surface area contributed by atoms with Crippen LogP contribution in [0.1, 0.15) is 58.0 Å². The largest absolute Gasteiger partial charge is 0.473 e. The molecule has 0 N–H and O–H groups in total. The molecule has 1 aliphatic heterocycles. The Morgan fingerprint density at radius 1 is 0.613 bits per heavy atom. The Hall–Kier alpha value is -8.44. The van der Waals surface area contributed by atoms with E-state index in [4.69, 9.17) is 18.9 Å². The SMILES string of the molecule is O=C(OC[C@H]1O[C@@H](n2cnc3c(N(C(=O)c4ccccc4)C(=O)c4ccccc4)nc([N+](=O)[O-])nc32)[C@H](OC(=O)c2ccccc2)[C@@H]1OC(=O)c1ccccc1)c1ccccc1. The second kappa shape index (κ2) is 17.8. The maximum atomic E-state index is 14.3. The van der Waals surface area contributed by atoms with Crippen molar-refractivity contribution >= 4 is 52.7 Å². The van der Waals surface area contributed by atoms with Gasteiger partial charge in [0.05, 0.1) is 16.7 Å². The minimum absolute atomic E-state index is 0.0496. The number of imide groups is 1. The van der Waals surface area contributed by atoms with Crippen LogP contribution in [-0.4, -0.2) is 79.1 Å². The fourth-order valence-corrected chi connectivity index (χ4v) is 6.70. The summed E-state index contributed by atoms with van der Waals surface area (Å²) in [5, 5.41) is 12.5. The summed E-state index contributed by atoms with van der Waals surface area (Å²) in [6, 6.07) is 39.4. The van der Waals surface area contributed by atoms with E-state index in [0.717, 1.165) is 10.9 Å². The number of hydrogen-bond acceptors (Lipinski definition) is 14. The first-order valence-corrected chi connectivity index (χ1v) is 19.0. The molecule has 5 aromatic carbocycles. The van der Waals surface area contributed by atoms with Crippen molar-refractivity contribution in [1.82, 2.24) is 19.5 Å². The number of amides is 2. The number of imidazole rings is 1. The Kier molecular flexibility index (Phi) is 11.6. The number of rotatable bonds is 12. The first-order chi connectivity index (χ1) is 30.2. The zero-order valence-electron chi connectivity index (χ0n) is 32.2. The number of ether oxygens (including phenoxy) is 4. The normalized spacial score (nSPS) is 16.8. The Morgan fingerprint density at radius 2 is 1.05 bits per heavy atom. The molecule has 2 aromatic heterocycles. The van der Waals surface area contributed by atoms with Gasteiger partial charge in [0.25, 0.3) is 17.6 Å². The highest BCUT2D eigenvalue weighted by molar-refractivity contribution is 6.27. The summed E-state index contributed by atoms with van der Waals surface area (Å²) in [6.45, 7) is -0.533. The minimum Gasteiger partial charge on any atom is -0.459 e. The summed E-state index contributed by atoms with van der Waals surface area (Å²) in [7, 11) is 0. The van der Waals surface area contributed by atoms with Gasteiger partial charge in [0.2, 0.25) is 5.65 Å². The molecule has 1 aliphatic rings. The van der Waals surface area contributed by atoms with Crippen molar-refractivity contribution in [2.75, 3.05) is 11.5 Å². The van der Waals surface area contributed by atoms with Gasteiger partial charge in [-0.2, -0.15) is 0 Å². The molecule has 0 saturated carbocycles. The van der Waals surface area contributed by atoms with E-state index in [2.05, 4.69) is 15.0 Å². The molecule has 3 heterocycles. The van der Waals surface area contributed by atoms with E-state index in [1.165, 1.54) is 60.7 Å². The Morgan fingerprint density at radius 3 is 1.52 bits per heavy atom. The van der Waals surface area contributed by atoms with E-state index in [-0.39, 0.29) is 39.0 Å². The maximum Gasteiger partial charge on any atom is 0.473 e. The molecule has 17 nitrogen and oxygen atoms in total. The quantitative estimate of drug-likeness (QED) is 0.0427. The Labute approximate surface area is 351 Å². The van der Waals surface area contributed by atoms with E-state index in [9.17, 15) is 34.1 Å². The molecule has 62 heavy (non-hydrogen) atoms. The Bertz CT molecular complexity index is 2720. The van der Waals surface area contributed by atoms with Crippen molar-refractivity contribution in [3.8, 4) is 0 Å². The van der Waals surface area contributed by atoms with Gasteiger partial charge >= 0.3 is 23.9 Å². The number of nitrogens with zero attached hydrogens (tertiary/aromatic N) is 6. The molecular weight excluding hydrogens is 801 g/mol. The number of benzene rings is 5. The second-order valence-electron chi connectivity index (χ2n) is 13.6. The van der Waals surface area contributed by atoms with E-state index in [0.29, 0.717) is 4.90 Å². The van der Waals surface area contributed by atoms with Gasteiger partial charge in [-0.15, -0.1) is 0 Å². The van der Waals surface area contributed by atoms with Crippen molar-refractivity contribution in [2.45, 2.75) is 24.5 Å². The minimum atomic E-state index is -1.57. The van der Waals surface area contributed by atoms with Gasteiger partial charge in [-0.05, 0) is 75.6 Å². The summed E-state index contributed by atoms with van der Waals surface area (Å²) in [6.07, 6.45) is -4.81. The fourth-order valence-electron chi connectivity index (χ4n) is 6.70. The highest BCUT2D eigenvalue weighted by Gasteiger charge is 2.52. The lowest BCUT2D eigenvalue weighted by molar-refractivity contribution is -0.394. The van der Waals surface area contributed by atoms with Crippen LogP contribution in [0.3, 0.4) is 0 Å². The van der Waals surface area contributed by atoms with Crippen LogP contribution in [0, 0.1) is 10.1 Å². The van der Waals surface area contributed by atoms with Gasteiger partial charge < -0.3 is 29.1 Å². The van der Waals surface area contributed by atoms with Gasteiger partial charge in [-0.1, -0.05) is 91.0 Å². The molecule has 0 spiro atoms. The third-order valence-electron chi connectivity index (χ3n) is 9.67. The number of hydrogen-bond donors (Lipinski definition) is 0. The van der Waals surface area contributed by atoms with Crippen molar-refractivity contribution in [3.05, 3.63) is 196 Å². The molecule has 0 unspecified atom stereocenters. The van der Waals surface area contributed by atoms with Gasteiger partial charge in [-0.3, -0.25) is 14.2 Å². The topological polar surface area (TPSA) is 212 Å². The lowest BCUT2D eigenvalue weighted by Gasteiger charge is -2.24. The molecule has 4 atom stereocenters. The van der Waals surface area contributed by atoms with Crippen LogP contribution >= 0.6 is 0 Å². The predicted octanol–water partition coefficient (Wildman–Crippen LogP) is 6.43. The molecule has 1 fully saturated rings. The number of fused-ring (bicyclic) bond motifs is 1. The number of nitro groups is 1. The second-order valence-corrected chi connectivity index (χ2v) is 13.6. The van der Waals surface area contributed by atoms with Crippen LogP contribution < -0.4 is 4.90 Å². The lowest BCUT2D eigenvalue weighted by Crippen LogP contribution is -2.41. The number of carbonyl (C=O) groups excluding carboxylic acids is 5. The average Bonchev–Trinajstić information content (AvgIpc) is 3.90. The number of aromatic nitrogens is 4. The van der Waals surface area contributed by atoms with Crippen LogP contribution in [0.5, 0.6) is 0 Å². The summed E-state index contributed by atoms with van der Waals surface area (Å²) < 4.78 is 25.3. The van der Waals surface area contributed by atoms with Crippen molar-refractivity contribution in [1.29, 1.82) is 0 Å². The smallest absolute Gasteiger partial charge is 0.459 e. The summed E-state index contributed by atoms with van der Waals surface area (Å²) in [4.78, 5) is 94.1. The molecule has 0 aliphatic carbocycles. The molecule has 308 valence electrons. The number of anilines is 1. The van der Waals surface area contributed by atoms with Crippen LogP contribution in [0.4, 0.5) is 11.8 Å². The zero-order valence-corrected chi connectivity index (χ0v) is 32.2. The molecule has 0 radical (unpaired) electrons. The van der Waals surface area contributed by atoms with E-state index in [1.54, 1.807) is 91.0 Å². The summed E-state index contributed by atoms with van der Waals surface area (Å²) in [5.74, 6) is -5.80. The fraction of sp³-hybridized carbons (Fsp3) is 0.111. The zero-order chi connectivity index (χ0) is 43.2. The summed E-state index contributed by atoms with van der Waals surface area (Å²) >= 11 is 0. The third-order valence-corrected chi connectivity index (χ3v) is 9.67. The monoisotopic (exact) mass is 832 g/mol. The van der Waals surface area contributed by atoms with Crippen molar-refractivity contribution in [3.63, 3.8) is 0 Å². The predicted molar refractivity (Wildman–Crippen MR) is 218 cm³/mol. The molecule has 8 rings (SSSR count). The van der Waals surface area contributed by atoms with Gasteiger partial charge in [0.15, 0.2) is 24.0 Å². The van der Waals surface area contributed by atoms with Crippen LogP contribution in [-0.2, 0) is 18.9 Å². The van der Waals surface area contributed by atoms with E-state index >= 15 is 0 Å². The first-order valence-electron chi connectivity index (χ1n) is 19.0. The highest BCUT2D eigenvalue weighted by Crippen LogP contribution is 2.38. The maximum absolute atomic E-state index is 14.3. The van der Waals surface area contributed by atoms with Gasteiger partial charge in [0, 0.05) is 11.1 Å². The molecule has 17 heteroatoms. The standard InChI is InChI=1S/C45H32N6O11/c52-39(28-16-6-1-7-17-28)50(40(53)29-18-8-2-9-19-29)38-34-37(47-45(48-38)51(57)58)49(27-46-34)41-36(62-44(56)32-24-14-5-15-25-32)35(61-43(55)31-22-12-4-13-23-31)33(60-41)26-59-42(54)30-20-10-3-11-21-30/h1-25,27,33,35-36,41H,26H2/t33-,35-,36-,41-/m1/s1. The molecular formula is C45H32N6O11. The van der Waals surface area contributed by atoms with Crippen LogP contribution in [0.2, 0.25) is 0 Å². The van der Waals surface area contributed by atoms with E-state index < -0.39 is 77.6 Å². The molecule has 7 aromatic rings. The number of esters is 3. The van der Waals surface area contributed by atoms with Crippen LogP contribution in [0.25, 0.3) is 11.2 Å². The third kappa shape index (κ3) is 8.36. The van der Waals surface area contributed by atoms with Crippen molar-refractivity contribution in [2.24, 2.45) is 0 Å². The summed E-state index contributed by atoms with van der Waals surface area (Å²) in [5.41, 5.74) is -0.0436. The van der Waals surface area contributed by atoms with Gasteiger partial charge in [0.1, 0.15) is 19.0 Å². The van der Waals surface area contributed by atoms with Gasteiger partial charge in [-0.25, -0.2) is 24.3 Å².